The van der Waals surface area contributed by atoms with E-state index in [-0.39, 0.29) is 18.1 Å². The summed E-state index contributed by atoms with van der Waals surface area (Å²) in [6.07, 6.45) is 0.814. The third kappa shape index (κ3) is 4.41. The number of methoxy groups -OCH3 is 1. The first-order valence-corrected chi connectivity index (χ1v) is 8.71. The van der Waals surface area contributed by atoms with Crippen molar-refractivity contribution in [2.75, 3.05) is 19.0 Å². The minimum absolute atomic E-state index is 0.126. The molecule has 0 aliphatic heterocycles. The van der Waals surface area contributed by atoms with Gasteiger partial charge in [-0.25, -0.2) is 4.98 Å². The summed E-state index contributed by atoms with van der Waals surface area (Å²) in [5.41, 5.74) is 2.75. The van der Waals surface area contributed by atoms with E-state index in [4.69, 9.17) is 4.74 Å². The lowest BCUT2D eigenvalue weighted by atomic mass is 10.1. The van der Waals surface area contributed by atoms with Crippen LogP contribution in [0.3, 0.4) is 0 Å². The van der Waals surface area contributed by atoms with Crippen molar-refractivity contribution in [2.24, 2.45) is 0 Å². The molecule has 0 atom stereocenters. The summed E-state index contributed by atoms with van der Waals surface area (Å²) in [6, 6.07) is 16.5. The monoisotopic (exact) mass is 363 g/mol. The molecule has 0 fully saturated rings. The van der Waals surface area contributed by atoms with Gasteiger partial charge in [0, 0.05) is 11.1 Å². The van der Waals surface area contributed by atoms with Crippen molar-refractivity contribution in [1.29, 1.82) is 0 Å². The second kappa shape index (κ2) is 8.31. The first-order valence-electron chi connectivity index (χ1n) is 8.71. The zero-order valence-corrected chi connectivity index (χ0v) is 15.3. The highest BCUT2D eigenvalue weighted by molar-refractivity contribution is 5.99. The van der Waals surface area contributed by atoms with Gasteiger partial charge in [0.1, 0.15) is 11.4 Å². The number of nitrogens with one attached hydrogen (secondary N) is 2. The fourth-order valence-corrected chi connectivity index (χ4v) is 2.75. The standard InChI is InChI=1S/C21H21N3O3/c1-3-14-6-4-5-7-17(14)24-20(25)13-22-21(26)19-10-8-15-12-16(27-2)9-11-18(15)23-19/h4-12H,3,13H2,1-2H3,(H,22,26)(H,24,25). The molecule has 1 heterocycles. The number of nitrogens with zero attached hydrogens (tertiary/aromatic N) is 1. The number of fused-ring (bicyclic) bond motifs is 1. The highest BCUT2D eigenvalue weighted by atomic mass is 16.5. The van der Waals surface area contributed by atoms with Gasteiger partial charge in [-0.1, -0.05) is 31.2 Å². The number of hydrogen-bond acceptors (Lipinski definition) is 4. The topological polar surface area (TPSA) is 80.3 Å². The second-order valence-corrected chi connectivity index (χ2v) is 6.00. The molecule has 0 unspecified atom stereocenters. The third-order valence-electron chi connectivity index (χ3n) is 4.21. The fraction of sp³-hybridized carbons (Fsp3) is 0.190. The number of benzene rings is 2. The van der Waals surface area contributed by atoms with Gasteiger partial charge in [0.2, 0.25) is 5.91 Å². The smallest absolute Gasteiger partial charge is 0.270 e. The van der Waals surface area contributed by atoms with E-state index >= 15 is 0 Å². The van der Waals surface area contributed by atoms with E-state index in [1.165, 1.54) is 0 Å². The lowest BCUT2D eigenvalue weighted by Crippen LogP contribution is -2.33. The number of aryl methyl sites for hydroxylation is 1. The van der Waals surface area contributed by atoms with Crippen LogP contribution < -0.4 is 15.4 Å². The van der Waals surface area contributed by atoms with E-state index in [9.17, 15) is 9.59 Å². The van der Waals surface area contributed by atoms with Gasteiger partial charge >= 0.3 is 0 Å². The minimum Gasteiger partial charge on any atom is -0.497 e. The molecule has 6 nitrogen and oxygen atoms in total. The average Bonchev–Trinajstić information content (AvgIpc) is 2.71. The maximum absolute atomic E-state index is 12.3. The Morgan fingerprint density at radius 1 is 1.07 bits per heavy atom. The van der Waals surface area contributed by atoms with E-state index < -0.39 is 5.91 Å². The molecular formula is C21H21N3O3. The number of ether oxygens (including phenoxy) is 1. The van der Waals surface area contributed by atoms with E-state index in [1.807, 2.05) is 37.3 Å². The highest BCUT2D eigenvalue weighted by Gasteiger charge is 2.11. The molecule has 3 rings (SSSR count). The minimum atomic E-state index is -0.397. The maximum Gasteiger partial charge on any atom is 0.270 e. The molecule has 0 aliphatic rings. The van der Waals surface area contributed by atoms with Gasteiger partial charge in [0.05, 0.1) is 19.2 Å². The number of amides is 2. The van der Waals surface area contributed by atoms with Crippen LogP contribution in [0.5, 0.6) is 5.75 Å². The summed E-state index contributed by atoms with van der Waals surface area (Å²) in [6.45, 7) is 1.90. The van der Waals surface area contributed by atoms with Crippen LogP contribution in [0.25, 0.3) is 10.9 Å². The normalized spacial score (nSPS) is 10.4. The van der Waals surface area contributed by atoms with Gasteiger partial charge in [-0.15, -0.1) is 0 Å². The molecule has 0 saturated carbocycles. The van der Waals surface area contributed by atoms with Crippen LogP contribution in [0.1, 0.15) is 23.0 Å². The summed E-state index contributed by atoms with van der Waals surface area (Å²) >= 11 is 0. The molecule has 0 radical (unpaired) electrons. The van der Waals surface area contributed by atoms with Crippen LogP contribution in [0.4, 0.5) is 5.69 Å². The molecule has 2 N–H and O–H groups in total. The largest absolute Gasteiger partial charge is 0.497 e. The number of para-hydroxylation sites is 1. The van der Waals surface area contributed by atoms with E-state index in [0.29, 0.717) is 5.52 Å². The Balaban J connectivity index is 1.63. The number of carbonyl (C=O) groups excluding carboxylic acids is 2. The Kier molecular flexibility index (Phi) is 5.66. The van der Waals surface area contributed by atoms with Crippen LogP contribution in [0, 0.1) is 0 Å². The van der Waals surface area contributed by atoms with Crippen molar-refractivity contribution in [2.45, 2.75) is 13.3 Å². The Hall–Kier alpha value is -3.41. The summed E-state index contributed by atoms with van der Waals surface area (Å²) in [5, 5.41) is 6.30. The van der Waals surface area contributed by atoms with E-state index in [0.717, 1.165) is 28.8 Å². The van der Waals surface area contributed by atoms with Crippen LogP contribution in [0.2, 0.25) is 0 Å². The van der Waals surface area contributed by atoms with Crippen LogP contribution in [-0.2, 0) is 11.2 Å². The van der Waals surface area contributed by atoms with Crippen molar-refractivity contribution in [3.63, 3.8) is 0 Å². The van der Waals surface area contributed by atoms with Gasteiger partial charge < -0.3 is 15.4 Å². The molecule has 0 bridgehead atoms. The molecule has 1 aromatic heterocycles. The molecule has 3 aromatic rings. The fourth-order valence-electron chi connectivity index (χ4n) is 2.75. The molecule has 0 saturated heterocycles. The second-order valence-electron chi connectivity index (χ2n) is 6.00. The van der Waals surface area contributed by atoms with E-state index in [2.05, 4.69) is 15.6 Å². The van der Waals surface area contributed by atoms with Crippen molar-refractivity contribution >= 4 is 28.4 Å². The Morgan fingerprint density at radius 3 is 2.67 bits per heavy atom. The summed E-state index contributed by atoms with van der Waals surface area (Å²) in [4.78, 5) is 28.8. The third-order valence-corrected chi connectivity index (χ3v) is 4.21. The lowest BCUT2D eigenvalue weighted by Gasteiger charge is -2.10. The number of rotatable bonds is 6. The summed E-state index contributed by atoms with van der Waals surface area (Å²) in [5.74, 6) is 0.0481. The van der Waals surface area contributed by atoms with E-state index in [1.54, 1.807) is 31.4 Å². The highest BCUT2D eigenvalue weighted by Crippen LogP contribution is 2.19. The van der Waals surface area contributed by atoms with Gasteiger partial charge in [-0.2, -0.15) is 0 Å². The Morgan fingerprint density at radius 2 is 1.89 bits per heavy atom. The van der Waals surface area contributed by atoms with Gasteiger partial charge in [-0.05, 0) is 42.3 Å². The molecule has 138 valence electrons. The average molecular weight is 363 g/mol. The van der Waals surface area contributed by atoms with Crippen LogP contribution in [-0.4, -0.2) is 30.5 Å². The summed E-state index contributed by atoms with van der Waals surface area (Å²) in [7, 11) is 1.60. The quantitative estimate of drug-likeness (QED) is 0.705. The van der Waals surface area contributed by atoms with Gasteiger partial charge in [-0.3, -0.25) is 9.59 Å². The number of aromatic nitrogens is 1. The van der Waals surface area contributed by atoms with Crippen molar-refractivity contribution < 1.29 is 14.3 Å². The molecule has 0 spiro atoms. The molecule has 2 aromatic carbocycles. The molecule has 0 aliphatic carbocycles. The number of anilines is 1. The molecule has 2 amide bonds. The number of hydrogen-bond donors (Lipinski definition) is 2. The predicted octanol–water partition coefficient (Wildman–Crippen LogP) is 3.17. The van der Waals surface area contributed by atoms with Crippen molar-refractivity contribution in [3.05, 3.63) is 65.9 Å². The SMILES string of the molecule is CCc1ccccc1NC(=O)CNC(=O)c1ccc2cc(OC)ccc2n1. The predicted molar refractivity (Wildman–Crippen MR) is 105 cm³/mol. The van der Waals surface area contributed by atoms with Crippen LogP contribution >= 0.6 is 0 Å². The van der Waals surface area contributed by atoms with Gasteiger partial charge in [0.25, 0.3) is 5.91 Å². The first-order chi connectivity index (χ1) is 13.1. The molecular weight excluding hydrogens is 342 g/mol. The Bertz CT molecular complexity index is 985. The maximum atomic E-state index is 12.3. The summed E-state index contributed by atoms with van der Waals surface area (Å²) < 4.78 is 5.18. The van der Waals surface area contributed by atoms with Crippen LogP contribution in [0.15, 0.2) is 54.6 Å². The zero-order chi connectivity index (χ0) is 19.2. The molecule has 27 heavy (non-hydrogen) atoms. The number of pyridine rings is 1. The van der Waals surface area contributed by atoms with Crippen molar-refractivity contribution in [3.8, 4) is 5.75 Å². The first kappa shape index (κ1) is 18.4. The van der Waals surface area contributed by atoms with Gasteiger partial charge in [0.15, 0.2) is 0 Å². The zero-order valence-electron chi connectivity index (χ0n) is 15.3. The number of carbonyl (C=O) groups is 2. The van der Waals surface area contributed by atoms with Crippen molar-refractivity contribution in [1.82, 2.24) is 10.3 Å². The lowest BCUT2D eigenvalue weighted by molar-refractivity contribution is -0.115. The Labute approximate surface area is 157 Å². The molecule has 6 heteroatoms.